The summed E-state index contributed by atoms with van der Waals surface area (Å²) in [5, 5.41) is 8.93. The second-order valence-corrected chi connectivity index (χ2v) is 13.2. The van der Waals surface area contributed by atoms with Crippen molar-refractivity contribution in [1.29, 1.82) is 0 Å². The number of rotatable bonds is 8. The molecule has 4 aromatic rings. The van der Waals surface area contributed by atoms with Crippen LogP contribution in [-0.2, 0) is 9.53 Å². The fourth-order valence-electron chi connectivity index (χ4n) is 5.68. The molecule has 2 N–H and O–H groups in total. The lowest BCUT2D eigenvalue weighted by molar-refractivity contribution is -0.154. The van der Waals surface area contributed by atoms with E-state index < -0.39 is 5.60 Å². The first-order chi connectivity index (χ1) is 21.9. The number of ether oxygens (including phenoxy) is 2. The Morgan fingerprint density at radius 3 is 2.22 bits per heavy atom. The molecule has 10 heteroatoms. The van der Waals surface area contributed by atoms with Crippen molar-refractivity contribution in [3.8, 4) is 5.75 Å². The Hall–Kier alpha value is -4.27. The maximum atomic E-state index is 13.8. The van der Waals surface area contributed by atoms with Crippen molar-refractivity contribution in [3.63, 3.8) is 0 Å². The third-order valence-corrected chi connectivity index (χ3v) is 8.24. The lowest BCUT2D eigenvalue weighted by Gasteiger charge is -2.25. The number of amides is 3. The number of hydrogen-bond acceptors (Lipinski definition) is 5. The molecule has 2 unspecified atom stereocenters. The number of carbonyl (C=O) groups excluding carboxylic acids is 3. The molecule has 46 heavy (non-hydrogen) atoms. The van der Waals surface area contributed by atoms with Gasteiger partial charge in [-0.2, -0.15) is 0 Å². The van der Waals surface area contributed by atoms with Crippen LogP contribution in [0.1, 0.15) is 67.1 Å². The molecule has 0 bridgehead atoms. The quantitative estimate of drug-likeness (QED) is 0.185. The van der Waals surface area contributed by atoms with Gasteiger partial charge in [0.05, 0.1) is 19.6 Å². The van der Waals surface area contributed by atoms with E-state index in [1.54, 1.807) is 58.2 Å². The van der Waals surface area contributed by atoms with Crippen LogP contribution in [0.4, 0.5) is 10.5 Å². The minimum Gasteiger partial charge on any atom is -0.497 e. The van der Waals surface area contributed by atoms with Gasteiger partial charge < -0.3 is 25.0 Å². The summed E-state index contributed by atoms with van der Waals surface area (Å²) in [4.78, 5) is 40.2. The number of methoxy groups -OCH3 is 1. The van der Waals surface area contributed by atoms with E-state index in [-0.39, 0.29) is 42.8 Å². The van der Waals surface area contributed by atoms with Crippen molar-refractivity contribution in [1.82, 2.24) is 10.2 Å². The Morgan fingerprint density at radius 2 is 1.54 bits per heavy atom. The van der Waals surface area contributed by atoms with Crippen molar-refractivity contribution < 1.29 is 23.9 Å². The summed E-state index contributed by atoms with van der Waals surface area (Å²) >= 11 is 12.7. The van der Waals surface area contributed by atoms with Gasteiger partial charge in [0.15, 0.2) is 0 Å². The van der Waals surface area contributed by atoms with E-state index in [9.17, 15) is 14.4 Å². The summed E-state index contributed by atoms with van der Waals surface area (Å²) in [6.45, 7) is 6.00. The number of nitrogens with one attached hydrogen (secondary N) is 2. The highest BCUT2D eigenvalue weighted by molar-refractivity contribution is 6.34. The molecule has 1 aliphatic heterocycles. The Bertz CT molecular complexity index is 1730. The molecule has 1 aliphatic rings. The van der Waals surface area contributed by atoms with Crippen LogP contribution in [0.3, 0.4) is 0 Å². The van der Waals surface area contributed by atoms with Gasteiger partial charge in [-0.25, -0.2) is 4.79 Å². The van der Waals surface area contributed by atoms with Crippen LogP contribution in [0.25, 0.3) is 10.8 Å². The van der Waals surface area contributed by atoms with Crippen LogP contribution < -0.4 is 15.4 Å². The Kier molecular flexibility index (Phi) is 10.1. The number of esters is 1. The maximum absolute atomic E-state index is 13.8. The van der Waals surface area contributed by atoms with E-state index >= 15 is 0 Å². The van der Waals surface area contributed by atoms with Gasteiger partial charge in [0, 0.05) is 40.3 Å². The number of fused-ring (bicyclic) bond motifs is 1. The molecule has 0 aromatic heterocycles. The van der Waals surface area contributed by atoms with Gasteiger partial charge >= 0.3 is 12.0 Å². The van der Waals surface area contributed by atoms with Crippen LogP contribution in [-0.4, -0.2) is 48.6 Å². The number of nitrogens with zero attached hydrogens (tertiary/aromatic N) is 1. The van der Waals surface area contributed by atoms with Crippen molar-refractivity contribution in [2.24, 2.45) is 0 Å². The molecule has 1 heterocycles. The average molecular weight is 663 g/mol. The first kappa shape index (κ1) is 33.1. The zero-order valence-corrected chi connectivity index (χ0v) is 27.7. The Balaban J connectivity index is 1.30. The van der Waals surface area contributed by atoms with Crippen molar-refractivity contribution in [2.75, 3.05) is 25.5 Å². The molecule has 5 rings (SSSR count). The molecular formula is C36H37Cl2N3O5. The molecule has 0 spiro atoms. The molecule has 0 radical (unpaired) electrons. The van der Waals surface area contributed by atoms with Crippen molar-refractivity contribution >= 4 is 57.6 Å². The normalized spacial score (nSPS) is 16.3. The number of anilines is 1. The van der Waals surface area contributed by atoms with Crippen LogP contribution in [0.5, 0.6) is 5.75 Å². The second kappa shape index (κ2) is 14.0. The number of likely N-dealkylation sites (tertiary alicyclic amines) is 1. The van der Waals surface area contributed by atoms with Crippen LogP contribution >= 0.6 is 23.2 Å². The molecule has 2 atom stereocenters. The predicted molar refractivity (Wildman–Crippen MR) is 182 cm³/mol. The fraction of sp³-hybridized carbons (Fsp3) is 0.306. The predicted octanol–water partition coefficient (Wildman–Crippen LogP) is 8.38. The van der Waals surface area contributed by atoms with Crippen molar-refractivity contribution in [2.45, 2.75) is 51.2 Å². The minimum absolute atomic E-state index is 0.0188. The van der Waals surface area contributed by atoms with Crippen LogP contribution in [0.2, 0.25) is 10.0 Å². The van der Waals surface area contributed by atoms with Gasteiger partial charge in [-0.05, 0) is 110 Å². The van der Waals surface area contributed by atoms with Gasteiger partial charge in [0.1, 0.15) is 11.4 Å². The highest BCUT2D eigenvalue weighted by atomic mass is 35.5. The standard InChI is InChI=1S/C36H37Cl2N3O5/c1-36(2,3)46-33(42)13-14-39-34(43)22-7-10-30(11-8-22)40-35(44)41-21-27(26-16-28(37)20-29(38)17-26)19-32(41)25-6-5-24-18-31(45-4)12-9-23(24)15-25/h5-12,15-18,20,27,32H,13-14,19,21H2,1-4H3,(H,39,43)(H,40,44). The molecular weight excluding hydrogens is 625 g/mol. The zero-order chi connectivity index (χ0) is 33.0. The second-order valence-electron chi connectivity index (χ2n) is 12.4. The Labute approximate surface area is 279 Å². The summed E-state index contributed by atoms with van der Waals surface area (Å²) in [5.74, 6) is 0.100. The molecule has 0 aliphatic carbocycles. The average Bonchev–Trinajstić information content (AvgIpc) is 3.45. The lowest BCUT2D eigenvalue weighted by atomic mass is 9.93. The number of urea groups is 1. The largest absolute Gasteiger partial charge is 0.497 e. The van der Waals surface area contributed by atoms with E-state index in [1.165, 1.54) is 0 Å². The van der Waals surface area contributed by atoms with Crippen LogP contribution in [0, 0.1) is 0 Å². The first-order valence-electron chi connectivity index (χ1n) is 15.1. The molecule has 8 nitrogen and oxygen atoms in total. The van der Waals surface area contributed by atoms with Gasteiger partial charge in [-0.1, -0.05) is 41.4 Å². The van der Waals surface area contributed by atoms with Crippen molar-refractivity contribution in [3.05, 3.63) is 106 Å². The van der Waals surface area contributed by atoms with E-state index in [1.807, 2.05) is 41.3 Å². The highest BCUT2D eigenvalue weighted by Gasteiger charge is 2.37. The van der Waals surface area contributed by atoms with Crippen LogP contribution in [0.15, 0.2) is 78.9 Å². The minimum atomic E-state index is -0.579. The monoisotopic (exact) mass is 661 g/mol. The first-order valence-corrected chi connectivity index (χ1v) is 15.9. The maximum Gasteiger partial charge on any atom is 0.322 e. The van der Waals surface area contributed by atoms with E-state index in [0.717, 1.165) is 27.6 Å². The summed E-state index contributed by atoms with van der Waals surface area (Å²) in [6.07, 6.45) is 0.760. The topological polar surface area (TPSA) is 97.0 Å². The SMILES string of the molecule is COc1ccc2cc(C3CC(c4cc(Cl)cc(Cl)c4)CN3C(=O)Nc3ccc(C(=O)NCCC(=O)OC(C)(C)C)cc3)ccc2c1. The molecule has 4 aromatic carbocycles. The summed E-state index contributed by atoms with van der Waals surface area (Å²) in [5.41, 5.74) is 2.37. The van der Waals surface area contributed by atoms with Gasteiger partial charge in [0.2, 0.25) is 0 Å². The molecule has 1 fully saturated rings. The van der Waals surface area contributed by atoms with Gasteiger partial charge in [-0.3, -0.25) is 9.59 Å². The summed E-state index contributed by atoms with van der Waals surface area (Å²) in [6, 6.07) is 23.8. The zero-order valence-electron chi connectivity index (χ0n) is 26.2. The summed E-state index contributed by atoms with van der Waals surface area (Å²) < 4.78 is 10.7. The van der Waals surface area contributed by atoms with Gasteiger partial charge in [0.25, 0.3) is 5.91 Å². The fourth-order valence-corrected chi connectivity index (χ4v) is 6.22. The number of halogens is 2. The third-order valence-electron chi connectivity index (χ3n) is 7.81. The summed E-state index contributed by atoms with van der Waals surface area (Å²) in [7, 11) is 1.64. The van der Waals surface area contributed by atoms with E-state index in [0.29, 0.717) is 34.3 Å². The number of benzene rings is 4. The number of hydrogen-bond donors (Lipinski definition) is 2. The highest BCUT2D eigenvalue weighted by Crippen LogP contribution is 2.42. The van der Waals surface area contributed by atoms with E-state index in [4.69, 9.17) is 32.7 Å². The third kappa shape index (κ3) is 8.30. The van der Waals surface area contributed by atoms with Gasteiger partial charge in [-0.15, -0.1) is 0 Å². The molecule has 0 saturated carbocycles. The van der Waals surface area contributed by atoms with E-state index in [2.05, 4.69) is 22.8 Å². The smallest absolute Gasteiger partial charge is 0.322 e. The molecule has 1 saturated heterocycles. The lowest BCUT2D eigenvalue weighted by Crippen LogP contribution is -2.35. The molecule has 3 amide bonds. The molecule has 240 valence electrons. The number of carbonyl (C=O) groups is 3. The Morgan fingerprint density at radius 1 is 0.870 bits per heavy atom.